The molecule has 2 aromatic rings. The number of halogens is 2. The topological polar surface area (TPSA) is 98.5 Å². The van der Waals surface area contributed by atoms with E-state index < -0.39 is 16.1 Å². The number of carbonyl (C=O) groups is 1. The first-order valence-electron chi connectivity index (χ1n) is 6.72. The second kappa shape index (κ2) is 7.52. The highest BCUT2D eigenvalue weighted by Crippen LogP contribution is 2.28. The molecule has 0 aliphatic rings. The van der Waals surface area contributed by atoms with Crippen molar-refractivity contribution in [2.24, 2.45) is 5.14 Å². The molecule has 0 saturated heterocycles. The Kier molecular flexibility index (Phi) is 5.87. The van der Waals surface area contributed by atoms with Gasteiger partial charge in [0.05, 0.1) is 9.37 Å². The van der Waals surface area contributed by atoms with Gasteiger partial charge in [0.1, 0.15) is 5.75 Å². The number of carbonyl (C=O) groups excluding carboxylic acids is 1. The van der Waals surface area contributed by atoms with Gasteiger partial charge in [0.25, 0.3) is 5.91 Å². The lowest BCUT2D eigenvalue weighted by molar-refractivity contribution is -0.122. The van der Waals surface area contributed by atoms with E-state index in [0.717, 1.165) is 0 Å². The van der Waals surface area contributed by atoms with Crippen molar-refractivity contribution < 1.29 is 17.9 Å². The molecular weight excluding hydrogens is 420 g/mol. The smallest absolute Gasteiger partial charge is 0.265 e. The van der Waals surface area contributed by atoms with Gasteiger partial charge in [-0.25, -0.2) is 13.6 Å². The van der Waals surface area contributed by atoms with Crippen molar-refractivity contribution in [2.45, 2.75) is 17.9 Å². The molecular formula is C15H14BrClN2O4S. The molecule has 2 aromatic carbocycles. The van der Waals surface area contributed by atoms with Gasteiger partial charge in [-0.05, 0) is 65.3 Å². The van der Waals surface area contributed by atoms with Crippen LogP contribution in [-0.2, 0) is 14.8 Å². The van der Waals surface area contributed by atoms with E-state index in [-0.39, 0.29) is 10.8 Å². The van der Waals surface area contributed by atoms with Gasteiger partial charge in [0, 0.05) is 10.7 Å². The van der Waals surface area contributed by atoms with Crippen LogP contribution < -0.4 is 15.2 Å². The minimum absolute atomic E-state index is 0.0325. The summed E-state index contributed by atoms with van der Waals surface area (Å²) in [6, 6.07) is 10.5. The van der Waals surface area contributed by atoms with E-state index in [9.17, 15) is 13.2 Å². The first-order chi connectivity index (χ1) is 11.2. The number of amides is 1. The van der Waals surface area contributed by atoms with Crippen molar-refractivity contribution >= 4 is 49.1 Å². The Morgan fingerprint density at radius 3 is 2.42 bits per heavy atom. The molecule has 0 bridgehead atoms. The molecule has 0 aliphatic heterocycles. The zero-order valence-electron chi connectivity index (χ0n) is 12.5. The number of nitrogens with two attached hydrogens (primary N) is 1. The molecule has 0 aliphatic carbocycles. The number of anilines is 1. The maximum Gasteiger partial charge on any atom is 0.265 e. The Balaban J connectivity index is 2.03. The van der Waals surface area contributed by atoms with Crippen molar-refractivity contribution in [3.8, 4) is 5.75 Å². The van der Waals surface area contributed by atoms with Gasteiger partial charge in [0.15, 0.2) is 6.10 Å². The monoisotopic (exact) mass is 432 g/mol. The molecule has 0 fully saturated rings. The van der Waals surface area contributed by atoms with Gasteiger partial charge in [-0.3, -0.25) is 4.79 Å². The largest absolute Gasteiger partial charge is 0.480 e. The van der Waals surface area contributed by atoms with Crippen LogP contribution in [0.1, 0.15) is 6.92 Å². The number of sulfonamides is 1. The highest BCUT2D eigenvalue weighted by Gasteiger charge is 2.17. The lowest BCUT2D eigenvalue weighted by atomic mass is 10.3. The van der Waals surface area contributed by atoms with Crippen LogP contribution in [0.15, 0.2) is 51.8 Å². The number of benzene rings is 2. The van der Waals surface area contributed by atoms with Crippen LogP contribution in [0.3, 0.4) is 0 Å². The summed E-state index contributed by atoms with van der Waals surface area (Å²) in [5.74, 6) is 0.0897. The van der Waals surface area contributed by atoms with Gasteiger partial charge < -0.3 is 10.1 Å². The van der Waals surface area contributed by atoms with Crippen LogP contribution in [-0.4, -0.2) is 20.4 Å². The normalized spacial score (nSPS) is 12.5. The second-order valence-electron chi connectivity index (χ2n) is 4.89. The van der Waals surface area contributed by atoms with Gasteiger partial charge in [-0.15, -0.1) is 0 Å². The third kappa shape index (κ3) is 4.94. The van der Waals surface area contributed by atoms with Gasteiger partial charge in [-0.2, -0.15) is 0 Å². The van der Waals surface area contributed by atoms with E-state index in [1.165, 1.54) is 24.3 Å². The van der Waals surface area contributed by atoms with Gasteiger partial charge in [-0.1, -0.05) is 11.6 Å². The Labute approximate surface area is 153 Å². The quantitative estimate of drug-likeness (QED) is 0.756. The standard InChI is InChI=1S/C15H14BrClN2O4S/c1-9(23-14-7-2-10(17)8-13(14)16)15(20)19-11-3-5-12(6-4-11)24(18,21)22/h2-9H,1H3,(H,19,20)(H2,18,21,22). The highest BCUT2D eigenvalue weighted by atomic mass is 79.9. The van der Waals surface area contributed by atoms with Crippen molar-refractivity contribution in [3.63, 3.8) is 0 Å². The van der Waals surface area contributed by atoms with Crippen LogP contribution in [0, 0.1) is 0 Å². The molecule has 1 atom stereocenters. The number of ether oxygens (including phenoxy) is 1. The maximum absolute atomic E-state index is 12.2. The van der Waals surface area contributed by atoms with Crippen LogP contribution >= 0.6 is 27.5 Å². The summed E-state index contributed by atoms with van der Waals surface area (Å²) in [7, 11) is -3.77. The molecule has 9 heteroatoms. The predicted molar refractivity (Wildman–Crippen MR) is 95.7 cm³/mol. The zero-order chi connectivity index (χ0) is 17.9. The van der Waals surface area contributed by atoms with Crippen molar-refractivity contribution in [1.29, 1.82) is 0 Å². The fourth-order valence-corrected chi connectivity index (χ4v) is 3.08. The molecule has 0 radical (unpaired) electrons. The predicted octanol–water partition coefficient (Wildman–Crippen LogP) is 3.16. The minimum atomic E-state index is -3.77. The number of primary sulfonamides is 1. The molecule has 6 nitrogen and oxygen atoms in total. The Morgan fingerprint density at radius 1 is 1.25 bits per heavy atom. The lowest BCUT2D eigenvalue weighted by Crippen LogP contribution is -2.30. The van der Waals surface area contributed by atoms with Crippen LogP contribution in [0.2, 0.25) is 5.02 Å². The summed E-state index contributed by atoms with van der Waals surface area (Å²) in [4.78, 5) is 12.1. The first-order valence-corrected chi connectivity index (χ1v) is 9.44. The van der Waals surface area contributed by atoms with E-state index in [2.05, 4.69) is 21.2 Å². The molecule has 3 N–H and O–H groups in total. The van der Waals surface area contributed by atoms with Crippen molar-refractivity contribution in [1.82, 2.24) is 0 Å². The van der Waals surface area contributed by atoms with E-state index in [1.54, 1.807) is 25.1 Å². The molecule has 2 rings (SSSR count). The maximum atomic E-state index is 12.2. The molecule has 1 amide bonds. The average Bonchev–Trinajstić information content (AvgIpc) is 2.49. The summed E-state index contributed by atoms with van der Waals surface area (Å²) in [5, 5.41) is 8.19. The minimum Gasteiger partial charge on any atom is -0.480 e. The summed E-state index contributed by atoms with van der Waals surface area (Å²) in [6.45, 7) is 1.59. The van der Waals surface area contributed by atoms with Crippen molar-refractivity contribution in [2.75, 3.05) is 5.32 Å². The molecule has 24 heavy (non-hydrogen) atoms. The fraction of sp³-hybridized carbons (Fsp3) is 0.133. The fourth-order valence-electron chi connectivity index (χ4n) is 1.79. The van der Waals surface area contributed by atoms with Crippen LogP contribution in [0.25, 0.3) is 0 Å². The molecule has 0 saturated carbocycles. The summed E-state index contributed by atoms with van der Waals surface area (Å²) < 4.78 is 28.6. The van der Waals surface area contributed by atoms with Gasteiger partial charge >= 0.3 is 0 Å². The van der Waals surface area contributed by atoms with Crippen LogP contribution in [0.4, 0.5) is 5.69 Å². The molecule has 0 spiro atoms. The zero-order valence-corrected chi connectivity index (χ0v) is 15.7. The number of hydrogen-bond donors (Lipinski definition) is 2. The number of hydrogen-bond acceptors (Lipinski definition) is 4. The molecule has 0 aromatic heterocycles. The third-order valence-electron chi connectivity index (χ3n) is 3.02. The molecule has 128 valence electrons. The van der Waals surface area contributed by atoms with E-state index in [4.69, 9.17) is 21.5 Å². The Morgan fingerprint density at radius 2 is 1.88 bits per heavy atom. The molecule has 1 unspecified atom stereocenters. The summed E-state index contributed by atoms with van der Waals surface area (Å²) >= 11 is 9.16. The number of nitrogens with one attached hydrogen (secondary N) is 1. The Bertz CT molecular complexity index is 856. The van der Waals surface area contributed by atoms with Crippen molar-refractivity contribution in [3.05, 3.63) is 52.0 Å². The average molecular weight is 434 g/mol. The van der Waals surface area contributed by atoms with Gasteiger partial charge in [0.2, 0.25) is 10.0 Å². The SMILES string of the molecule is CC(Oc1ccc(Cl)cc1Br)C(=O)Nc1ccc(S(N)(=O)=O)cc1. The highest BCUT2D eigenvalue weighted by molar-refractivity contribution is 9.10. The van der Waals surface area contributed by atoms with E-state index >= 15 is 0 Å². The second-order valence-corrected chi connectivity index (χ2v) is 7.75. The number of rotatable bonds is 5. The van der Waals surface area contributed by atoms with Crippen LogP contribution in [0.5, 0.6) is 5.75 Å². The Hall–Kier alpha value is -1.61. The summed E-state index contributed by atoms with van der Waals surface area (Å²) in [5.41, 5.74) is 0.429. The van der Waals surface area contributed by atoms with E-state index in [0.29, 0.717) is 20.9 Å². The summed E-state index contributed by atoms with van der Waals surface area (Å²) in [6.07, 6.45) is -0.777. The molecule has 0 heterocycles. The first kappa shape index (κ1) is 18.7. The third-order valence-corrected chi connectivity index (χ3v) is 4.80. The lowest BCUT2D eigenvalue weighted by Gasteiger charge is -2.16. The van der Waals surface area contributed by atoms with E-state index in [1.807, 2.05) is 0 Å².